The molecule has 0 bridgehead atoms. The van der Waals surface area contributed by atoms with Gasteiger partial charge in [0.25, 0.3) is 5.91 Å². The van der Waals surface area contributed by atoms with E-state index < -0.39 is 23.5 Å². The lowest BCUT2D eigenvalue weighted by molar-refractivity contribution is -0.137. The Balaban J connectivity index is 1.97. The van der Waals surface area contributed by atoms with Crippen molar-refractivity contribution in [3.8, 4) is 0 Å². The highest BCUT2D eigenvalue weighted by Crippen LogP contribution is 2.33. The van der Waals surface area contributed by atoms with E-state index in [9.17, 15) is 22.4 Å². The molecule has 0 saturated carbocycles. The van der Waals surface area contributed by atoms with E-state index in [1.807, 2.05) is 0 Å². The normalized spacial score (nSPS) is 11.5. The number of nitrogens with one attached hydrogen (secondary N) is 2. The van der Waals surface area contributed by atoms with Gasteiger partial charge in [0.2, 0.25) is 0 Å². The molecular formula is C20H17F4N3O. The van der Waals surface area contributed by atoms with E-state index in [0.717, 1.165) is 12.1 Å². The van der Waals surface area contributed by atoms with Gasteiger partial charge in [0, 0.05) is 19.0 Å². The van der Waals surface area contributed by atoms with Crippen LogP contribution >= 0.6 is 0 Å². The van der Waals surface area contributed by atoms with Crippen LogP contribution in [0.3, 0.4) is 0 Å². The SMILES string of the molecule is CNc1nc2cc(C(F)(F)F)ccc2c(C)c1C(=O)NCc1cccc(F)c1. The van der Waals surface area contributed by atoms with Gasteiger partial charge in [-0.05, 0) is 42.3 Å². The van der Waals surface area contributed by atoms with E-state index in [4.69, 9.17) is 0 Å². The van der Waals surface area contributed by atoms with Gasteiger partial charge in [-0.2, -0.15) is 13.2 Å². The molecule has 3 rings (SSSR count). The molecule has 8 heteroatoms. The van der Waals surface area contributed by atoms with E-state index in [1.54, 1.807) is 13.0 Å². The molecule has 2 aromatic carbocycles. The van der Waals surface area contributed by atoms with Gasteiger partial charge in [-0.1, -0.05) is 18.2 Å². The summed E-state index contributed by atoms with van der Waals surface area (Å²) in [7, 11) is 1.53. The second-order valence-electron chi connectivity index (χ2n) is 6.25. The van der Waals surface area contributed by atoms with Crippen LogP contribution in [-0.2, 0) is 12.7 Å². The fourth-order valence-corrected chi connectivity index (χ4v) is 2.98. The van der Waals surface area contributed by atoms with Crippen LogP contribution in [0.4, 0.5) is 23.4 Å². The zero-order chi connectivity index (χ0) is 20.5. The highest BCUT2D eigenvalue weighted by atomic mass is 19.4. The molecule has 1 amide bonds. The third-order valence-electron chi connectivity index (χ3n) is 4.38. The third kappa shape index (κ3) is 3.90. The number of fused-ring (bicyclic) bond motifs is 1. The zero-order valence-electron chi connectivity index (χ0n) is 15.1. The predicted molar refractivity (Wildman–Crippen MR) is 98.6 cm³/mol. The van der Waals surface area contributed by atoms with Crippen LogP contribution in [0.2, 0.25) is 0 Å². The van der Waals surface area contributed by atoms with Crippen molar-refractivity contribution in [1.82, 2.24) is 10.3 Å². The number of amides is 1. The number of anilines is 1. The Bertz CT molecular complexity index is 1050. The Kier molecular flexibility index (Phi) is 5.22. The lowest BCUT2D eigenvalue weighted by Crippen LogP contribution is -2.25. The average molecular weight is 391 g/mol. The Morgan fingerprint density at radius 2 is 1.89 bits per heavy atom. The van der Waals surface area contributed by atoms with Gasteiger partial charge in [0.05, 0.1) is 16.6 Å². The molecule has 0 saturated heterocycles. The van der Waals surface area contributed by atoms with Crippen LogP contribution in [0.25, 0.3) is 10.9 Å². The maximum absolute atomic E-state index is 13.3. The molecule has 0 aliphatic carbocycles. The number of aromatic nitrogens is 1. The monoisotopic (exact) mass is 391 g/mol. The molecular weight excluding hydrogens is 374 g/mol. The number of benzene rings is 2. The second kappa shape index (κ2) is 7.46. The highest BCUT2D eigenvalue weighted by Gasteiger charge is 2.31. The van der Waals surface area contributed by atoms with Crippen molar-refractivity contribution < 1.29 is 22.4 Å². The summed E-state index contributed by atoms with van der Waals surface area (Å²) in [6, 6.07) is 9.05. The molecule has 0 aliphatic heterocycles. The van der Waals surface area contributed by atoms with Crippen molar-refractivity contribution in [3.05, 3.63) is 70.5 Å². The van der Waals surface area contributed by atoms with Crippen LogP contribution in [0.5, 0.6) is 0 Å². The summed E-state index contributed by atoms with van der Waals surface area (Å²) < 4.78 is 52.2. The maximum Gasteiger partial charge on any atom is 0.416 e. The van der Waals surface area contributed by atoms with E-state index in [0.29, 0.717) is 16.5 Å². The molecule has 4 nitrogen and oxygen atoms in total. The zero-order valence-corrected chi connectivity index (χ0v) is 15.1. The summed E-state index contributed by atoms with van der Waals surface area (Å²) in [6.45, 7) is 1.75. The predicted octanol–water partition coefficient (Wildman–Crippen LogP) is 4.67. The van der Waals surface area contributed by atoms with Gasteiger partial charge in [-0.15, -0.1) is 0 Å². The van der Waals surface area contributed by atoms with Crippen LogP contribution in [0, 0.1) is 12.7 Å². The van der Waals surface area contributed by atoms with E-state index in [-0.39, 0.29) is 23.4 Å². The lowest BCUT2D eigenvalue weighted by Gasteiger charge is -2.15. The molecule has 0 unspecified atom stereocenters. The summed E-state index contributed by atoms with van der Waals surface area (Å²) in [5, 5.41) is 5.90. The van der Waals surface area contributed by atoms with Crippen molar-refractivity contribution in [3.63, 3.8) is 0 Å². The number of pyridine rings is 1. The first kappa shape index (κ1) is 19.6. The quantitative estimate of drug-likeness (QED) is 0.636. The molecule has 0 radical (unpaired) electrons. The van der Waals surface area contributed by atoms with Gasteiger partial charge in [0.1, 0.15) is 11.6 Å². The minimum absolute atomic E-state index is 0.101. The standard InChI is InChI=1S/C20H17F4N3O/c1-11-15-7-6-13(20(22,23)24)9-16(15)27-18(25-2)17(11)19(28)26-10-12-4-3-5-14(21)8-12/h3-9H,10H2,1-2H3,(H,25,27)(H,26,28). The number of aryl methyl sites for hydroxylation is 1. The Morgan fingerprint density at radius 3 is 2.54 bits per heavy atom. The van der Waals surface area contributed by atoms with E-state index in [1.165, 1.54) is 31.3 Å². The minimum atomic E-state index is -4.48. The summed E-state index contributed by atoms with van der Waals surface area (Å²) >= 11 is 0. The fraction of sp³-hybridized carbons (Fsp3) is 0.200. The van der Waals surface area contributed by atoms with Gasteiger partial charge in [-0.3, -0.25) is 4.79 Å². The lowest BCUT2D eigenvalue weighted by atomic mass is 10.0. The van der Waals surface area contributed by atoms with Crippen molar-refractivity contribution in [2.24, 2.45) is 0 Å². The fourth-order valence-electron chi connectivity index (χ4n) is 2.98. The summed E-state index contributed by atoms with van der Waals surface area (Å²) in [6.07, 6.45) is -4.48. The minimum Gasteiger partial charge on any atom is -0.372 e. The van der Waals surface area contributed by atoms with Crippen LogP contribution in [-0.4, -0.2) is 17.9 Å². The maximum atomic E-state index is 13.3. The third-order valence-corrected chi connectivity index (χ3v) is 4.38. The molecule has 1 heterocycles. The molecule has 146 valence electrons. The number of hydrogen-bond donors (Lipinski definition) is 2. The molecule has 28 heavy (non-hydrogen) atoms. The summed E-state index contributed by atoms with van der Waals surface area (Å²) in [5.74, 6) is -0.701. The van der Waals surface area contributed by atoms with Crippen molar-refractivity contribution in [2.45, 2.75) is 19.6 Å². The largest absolute Gasteiger partial charge is 0.416 e. The van der Waals surface area contributed by atoms with Crippen molar-refractivity contribution in [2.75, 3.05) is 12.4 Å². The molecule has 0 aliphatic rings. The highest BCUT2D eigenvalue weighted by molar-refractivity contribution is 6.04. The second-order valence-corrected chi connectivity index (χ2v) is 6.25. The van der Waals surface area contributed by atoms with Gasteiger partial charge >= 0.3 is 6.18 Å². The molecule has 0 fully saturated rings. The Hall–Kier alpha value is -3.16. The Labute approximate surface area is 158 Å². The topological polar surface area (TPSA) is 54.0 Å². The number of alkyl halides is 3. The molecule has 1 aromatic heterocycles. The Morgan fingerprint density at radius 1 is 1.14 bits per heavy atom. The smallest absolute Gasteiger partial charge is 0.372 e. The molecule has 3 aromatic rings. The van der Waals surface area contributed by atoms with Crippen LogP contribution in [0.1, 0.15) is 27.0 Å². The number of rotatable bonds is 4. The first-order valence-corrected chi connectivity index (χ1v) is 8.42. The summed E-state index contributed by atoms with van der Waals surface area (Å²) in [4.78, 5) is 16.9. The molecule has 2 N–H and O–H groups in total. The number of carbonyl (C=O) groups is 1. The van der Waals surface area contributed by atoms with Crippen molar-refractivity contribution in [1.29, 1.82) is 0 Å². The van der Waals surface area contributed by atoms with Crippen LogP contribution in [0.15, 0.2) is 42.5 Å². The van der Waals surface area contributed by atoms with Crippen LogP contribution < -0.4 is 10.6 Å². The first-order chi connectivity index (χ1) is 13.2. The van der Waals surface area contributed by atoms with E-state index >= 15 is 0 Å². The number of carbonyl (C=O) groups excluding carboxylic acids is 1. The first-order valence-electron chi connectivity index (χ1n) is 8.42. The van der Waals surface area contributed by atoms with Gasteiger partial charge < -0.3 is 10.6 Å². The number of nitrogens with zero attached hydrogens (tertiary/aromatic N) is 1. The molecule has 0 atom stereocenters. The van der Waals surface area contributed by atoms with Gasteiger partial charge in [0.15, 0.2) is 0 Å². The van der Waals surface area contributed by atoms with Crippen molar-refractivity contribution >= 4 is 22.6 Å². The average Bonchev–Trinajstić information content (AvgIpc) is 2.64. The number of hydrogen-bond acceptors (Lipinski definition) is 3. The van der Waals surface area contributed by atoms with Gasteiger partial charge in [-0.25, -0.2) is 9.37 Å². The number of halogens is 4. The summed E-state index contributed by atoms with van der Waals surface area (Å²) in [5.41, 5.74) is 0.641. The van der Waals surface area contributed by atoms with E-state index in [2.05, 4.69) is 15.6 Å². The molecule has 0 spiro atoms.